The molecular weight excluding hydrogens is 231 g/mol. The highest BCUT2D eigenvalue weighted by Crippen LogP contribution is 2.34. The molecule has 0 radical (unpaired) electrons. The standard InChI is InChI=1S/C14H23FN2O/c1-5-14(6-2,18-4)13(17-16)11-7-8-12(15)10(3)9-11/h7-9,13,17H,5-6,16H2,1-4H3. The van der Waals surface area contributed by atoms with Gasteiger partial charge in [0.1, 0.15) is 5.82 Å². The molecule has 0 spiro atoms. The lowest BCUT2D eigenvalue weighted by atomic mass is 9.84. The van der Waals surface area contributed by atoms with Crippen LogP contribution >= 0.6 is 0 Å². The van der Waals surface area contributed by atoms with Crippen LogP contribution in [0.1, 0.15) is 43.9 Å². The second kappa shape index (κ2) is 6.27. The Balaban J connectivity index is 3.19. The van der Waals surface area contributed by atoms with Gasteiger partial charge in [0.05, 0.1) is 11.6 Å². The highest BCUT2D eigenvalue weighted by Gasteiger charge is 2.36. The van der Waals surface area contributed by atoms with Crippen molar-refractivity contribution in [2.24, 2.45) is 5.84 Å². The summed E-state index contributed by atoms with van der Waals surface area (Å²) in [5, 5.41) is 0. The summed E-state index contributed by atoms with van der Waals surface area (Å²) >= 11 is 0. The minimum Gasteiger partial charge on any atom is -0.376 e. The summed E-state index contributed by atoms with van der Waals surface area (Å²) in [6.45, 7) is 5.88. The zero-order valence-corrected chi connectivity index (χ0v) is 11.6. The second-order valence-corrected chi connectivity index (χ2v) is 4.58. The van der Waals surface area contributed by atoms with E-state index < -0.39 is 0 Å². The van der Waals surface area contributed by atoms with Crippen molar-refractivity contribution in [1.29, 1.82) is 0 Å². The van der Waals surface area contributed by atoms with Crippen LogP contribution in [0.3, 0.4) is 0 Å². The summed E-state index contributed by atoms with van der Waals surface area (Å²) in [5.74, 6) is 5.48. The van der Waals surface area contributed by atoms with Crippen LogP contribution in [0.2, 0.25) is 0 Å². The van der Waals surface area contributed by atoms with Crippen LogP contribution in [0.15, 0.2) is 18.2 Å². The largest absolute Gasteiger partial charge is 0.376 e. The summed E-state index contributed by atoms with van der Waals surface area (Å²) in [7, 11) is 1.69. The summed E-state index contributed by atoms with van der Waals surface area (Å²) < 4.78 is 19.0. The lowest BCUT2D eigenvalue weighted by molar-refractivity contribution is -0.0487. The number of rotatable bonds is 6. The molecule has 0 saturated heterocycles. The van der Waals surface area contributed by atoms with Crippen LogP contribution in [-0.2, 0) is 4.74 Å². The summed E-state index contributed by atoms with van der Waals surface area (Å²) in [6.07, 6.45) is 1.65. The van der Waals surface area contributed by atoms with Crippen molar-refractivity contribution in [3.63, 3.8) is 0 Å². The third-order valence-electron chi connectivity index (χ3n) is 3.81. The number of hydrazine groups is 1. The van der Waals surface area contributed by atoms with E-state index in [0.717, 1.165) is 18.4 Å². The van der Waals surface area contributed by atoms with E-state index >= 15 is 0 Å². The van der Waals surface area contributed by atoms with Gasteiger partial charge in [0.15, 0.2) is 0 Å². The zero-order chi connectivity index (χ0) is 13.8. The molecule has 1 atom stereocenters. The van der Waals surface area contributed by atoms with Gasteiger partial charge in [-0.25, -0.2) is 4.39 Å². The predicted octanol–water partition coefficient (Wildman–Crippen LogP) is 2.84. The maximum absolute atomic E-state index is 13.3. The van der Waals surface area contributed by atoms with Crippen LogP contribution in [0.25, 0.3) is 0 Å². The number of hydrogen-bond donors (Lipinski definition) is 2. The van der Waals surface area contributed by atoms with Crippen molar-refractivity contribution in [2.45, 2.75) is 45.3 Å². The number of methoxy groups -OCH3 is 1. The molecule has 0 aliphatic carbocycles. The lowest BCUT2D eigenvalue weighted by Crippen LogP contribution is -2.47. The smallest absolute Gasteiger partial charge is 0.126 e. The molecule has 3 nitrogen and oxygen atoms in total. The summed E-state index contributed by atoms with van der Waals surface area (Å²) in [6, 6.07) is 4.89. The Hall–Kier alpha value is -0.970. The molecule has 1 aromatic rings. The average molecular weight is 254 g/mol. The van der Waals surface area contributed by atoms with E-state index in [2.05, 4.69) is 19.3 Å². The lowest BCUT2D eigenvalue weighted by Gasteiger charge is -2.38. The van der Waals surface area contributed by atoms with Gasteiger partial charge in [-0.2, -0.15) is 0 Å². The van der Waals surface area contributed by atoms with E-state index in [0.29, 0.717) is 5.56 Å². The van der Waals surface area contributed by atoms with Gasteiger partial charge < -0.3 is 4.74 Å². The molecule has 0 amide bonds. The van der Waals surface area contributed by atoms with Crippen LogP contribution < -0.4 is 11.3 Å². The Bertz CT molecular complexity index is 383. The van der Waals surface area contributed by atoms with Gasteiger partial charge in [0.25, 0.3) is 0 Å². The number of halogens is 1. The summed E-state index contributed by atoms with van der Waals surface area (Å²) in [4.78, 5) is 0. The van der Waals surface area contributed by atoms with E-state index in [-0.39, 0.29) is 17.5 Å². The summed E-state index contributed by atoms with van der Waals surface area (Å²) in [5.41, 5.74) is 4.00. The van der Waals surface area contributed by atoms with E-state index in [9.17, 15) is 4.39 Å². The molecule has 18 heavy (non-hydrogen) atoms. The zero-order valence-electron chi connectivity index (χ0n) is 11.6. The van der Waals surface area contributed by atoms with Crippen LogP contribution in [-0.4, -0.2) is 12.7 Å². The minimum atomic E-state index is -0.376. The molecule has 1 rings (SSSR count). The Labute approximate surface area is 108 Å². The van der Waals surface area contributed by atoms with Crippen LogP contribution in [0, 0.1) is 12.7 Å². The first-order valence-electron chi connectivity index (χ1n) is 6.32. The molecule has 3 N–H and O–H groups in total. The number of hydrogen-bond acceptors (Lipinski definition) is 3. The van der Waals surface area contributed by atoms with Gasteiger partial charge in [-0.05, 0) is 37.0 Å². The second-order valence-electron chi connectivity index (χ2n) is 4.58. The molecule has 1 unspecified atom stereocenters. The number of benzene rings is 1. The van der Waals surface area contributed by atoms with Crippen molar-refractivity contribution >= 4 is 0 Å². The van der Waals surface area contributed by atoms with Crippen molar-refractivity contribution in [1.82, 2.24) is 5.43 Å². The van der Waals surface area contributed by atoms with Crippen molar-refractivity contribution in [2.75, 3.05) is 7.11 Å². The van der Waals surface area contributed by atoms with Gasteiger partial charge in [-0.1, -0.05) is 26.0 Å². The first kappa shape index (κ1) is 15.1. The Morgan fingerprint density at radius 3 is 2.39 bits per heavy atom. The fourth-order valence-electron chi connectivity index (χ4n) is 2.46. The molecule has 0 heterocycles. The van der Waals surface area contributed by atoms with Gasteiger partial charge in [-0.15, -0.1) is 0 Å². The highest BCUT2D eigenvalue weighted by molar-refractivity contribution is 5.28. The van der Waals surface area contributed by atoms with Crippen molar-refractivity contribution < 1.29 is 9.13 Å². The molecule has 0 aliphatic rings. The number of aryl methyl sites for hydroxylation is 1. The fourth-order valence-corrected chi connectivity index (χ4v) is 2.46. The van der Waals surface area contributed by atoms with Crippen molar-refractivity contribution in [3.8, 4) is 0 Å². The normalized spacial score (nSPS) is 13.7. The van der Waals surface area contributed by atoms with Crippen molar-refractivity contribution in [3.05, 3.63) is 35.1 Å². The fraction of sp³-hybridized carbons (Fsp3) is 0.571. The van der Waals surface area contributed by atoms with Gasteiger partial charge in [0.2, 0.25) is 0 Å². The van der Waals surface area contributed by atoms with E-state index in [1.54, 1.807) is 20.1 Å². The number of nitrogens with two attached hydrogens (primary N) is 1. The van der Waals surface area contributed by atoms with Gasteiger partial charge in [0, 0.05) is 7.11 Å². The number of ether oxygens (including phenoxy) is 1. The maximum atomic E-state index is 13.3. The van der Waals surface area contributed by atoms with Gasteiger partial charge >= 0.3 is 0 Å². The first-order valence-corrected chi connectivity index (χ1v) is 6.32. The third kappa shape index (κ3) is 2.71. The first-order chi connectivity index (χ1) is 8.54. The molecule has 4 heteroatoms. The number of nitrogens with one attached hydrogen (secondary N) is 1. The molecule has 0 bridgehead atoms. The molecule has 0 aromatic heterocycles. The molecule has 0 saturated carbocycles. The monoisotopic (exact) mass is 254 g/mol. The van der Waals surface area contributed by atoms with E-state index in [1.165, 1.54) is 6.07 Å². The van der Waals surface area contributed by atoms with Gasteiger partial charge in [-0.3, -0.25) is 11.3 Å². The van der Waals surface area contributed by atoms with Crippen LogP contribution in [0.5, 0.6) is 0 Å². The molecular formula is C14H23FN2O. The molecule has 102 valence electrons. The van der Waals surface area contributed by atoms with Crippen LogP contribution in [0.4, 0.5) is 4.39 Å². The average Bonchev–Trinajstić information content (AvgIpc) is 2.40. The maximum Gasteiger partial charge on any atom is 0.126 e. The SMILES string of the molecule is CCC(CC)(OC)C(NN)c1ccc(F)c(C)c1. The Morgan fingerprint density at radius 2 is 2.00 bits per heavy atom. The third-order valence-corrected chi connectivity index (χ3v) is 3.81. The quantitative estimate of drug-likeness (QED) is 0.606. The van der Waals surface area contributed by atoms with E-state index in [1.807, 2.05) is 6.07 Å². The predicted molar refractivity (Wildman–Crippen MR) is 71.5 cm³/mol. The van der Waals surface area contributed by atoms with E-state index in [4.69, 9.17) is 10.6 Å². The Morgan fingerprint density at radius 1 is 1.39 bits per heavy atom. The highest BCUT2D eigenvalue weighted by atomic mass is 19.1. The Kier molecular flexibility index (Phi) is 5.26. The molecule has 1 aromatic carbocycles. The topological polar surface area (TPSA) is 47.3 Å². The minimum absolute atomic E-state index is 0.156. The molecule has 0 fully saturated rings. The molecule has 0 aliphatic heterocycles.